The lowest BCUT2D eigenvalue weighted by Gasteiger charge is -2.25. The highest BCUT2D eigenvalue weighted by molar-refractivity contribution is 6.02. The van der Waals surface area contributed by atoms with Crippen LogP contribution in [0.2, 0.25) is 0 Å². The Balaban J connectivity index is 1.87. The number of hydrogen-bond donors (Lipinski definition) is 1. The van der Waals surface area contributed by atoms with Crippen LogP contribution >= 0.6 is 0 Å². The Kier molecular flexibility index (Phi) is 5.49. The van der Waals surface area contributed by atoms with Gasteiger partial charge in [0.25, 0.3) is 5.91 Å². The SMILES string of the molecule is CCN(CC(=O)NC(C)(C)C)C(=O)c1ccc2noc(-c3ccccc3)c2c1. The van der Waals surface area contributed by atoms with Crippen LogP contribution in [-0.2, 0) is 4.79 Å². The lowest BCUT2D eigenvalue weighted by molar-refractivity contribution is -0.123. The van der Waals surface area contributed by atoms with Crippen LogP contribution in [0.15, 0.2) is 53.1 Å². The van der Waals surface area contributed by atoms with E-state index < -0.39 is 0 Å². The van der Waals surface area contributed by atoms with E-state index in [-0.39, 0.29) is 23.9 Å². The molecule has 0 saturated heterocycles. The fraction of sp³-hybridized carbons (Fsp3) is 0.318. The summed E-state index contributed by atoms with van der Waals surface area (Å²) >= 11 is 0. The summed E-state index contributed by atoms with van der Waals surface area (Å²) in [6.07, 6.45) is 0. The van der Waals surface area contributed by atoms with Crippen LogP contribution in [-0.4, -0.2) is 40.5 Å². The van der Waals surface area contributed by atoms with E-state index in [1.165, 1.54) is 4.90 Å². The smallest absolute Gasteiger partial charge is 0.254 e. The molecule has 2 amide bonds. The van der Waals surface area contributed by atoms with E-state index >= 15 is 0 Å². The maximum atomic E-state index is 13.0. The van der Waals surface area contributed by atoms with Crippen LogP contribution < -0.4 is 5.32 Å². The quantitative estimate of drug-likeness (QED) is 0.730. The van der Waals surface area contributed by atoms with Crippen LogP contribution in [0.25, 0.3) is 22.2 Å². The first kappa shape index (κ1) is 19.6. The van der Waals surface area contributed by atoms with Gasteiger partial charge in [-0.2, -0.15) is 0 Å². The zero-order valence-corrected chi connectivity index (χ0v) is 16.7. The fourth-order valence-electron chi connectivity index (χ4n) is 3.01. The van der Waals surface area contributed by atoms with Crippen LogP contribution in [0.1, 0.15) is 38.1 Å². The molecule has 3 rings (SSSR count). The Labute approximate surface area is 164 Å². The molecule has 2 aromatic carbocycles. The van der Waals surface area contributed by atoms with Gasteiger partial charge in [0.15, 0.2) is 5.76 Å². The number of rotatable bonds is 5. The summed E-state index contributed by atoms with van der Waals surface area (Å²) in [5.41, 5.74) is 1.74. The Bertz CT molecular complexity index is 987. The summed E-state index contributed by atoms with van der Waals surface area (Å²) in [6, 6.07) is 14.9. The van der Waals surface area contributed by atoms with Crippen molar-refractivity contribution in [3.63, 3.8) is 0 Å². The predicted molar refractivity (Wildman–Crippen MR) is 109 cm³/mol. The number of nitrogens with one attached hydrogen (secondary N) is 1. The molecule has 0 aliphatic carbocycles. The number of amides is 2. The molecule has 0 fully saturated rings. The first-order valence-electron chi connectivity index (χ1n) is 9.33. The number of likely N-dealkylation sites (N-methyl/N-ethyl adjacent to an activating group) is 1. The summed E-state index contributed by atoms with van der Waals surface area (Å²) in [6.45, 7) is 8.04. The first-order chi connectivity index (χ1) is 13.3. The molecule has 1 aromatic heterocycles. The van der Waals surface area contributed by atoms with Crippen molar-refractivity contribution in [2.45, 2.75) is 33.2 Å². The zero-order chi connectivity index (χ0) is 20.3. The van der Waals surface area contributed by atoms with Crippen molar-refractivity contribution in [2.75, 3.05) is 13.1 Å². The van der Waals surface area contributed by atoms with E-state index in [9.17, 15) is 9.59 Å². The highest BCUT2D eigenvalue weighted by atomic mass is 16.5. The van der Waals surface area contributed by atoms with E-state index in [0.29, 0.717) is 23.4 Å². The zero-order valence-electron chi connectivity index (χ0n) is 16.7. The van der Waals surface area contributed by atoms with Gasteiger partial charge in [-0.25, -0.2) is 0 Å². The molecule has 1 N–H and O–H groups in total. The Hall–Kier alpha value is -3.15. The molecule has 0 atom stereocenters. The molecular formula is C22H25N3O3. The van der Waals surface area contributed by atoms with Gasteiger partial charge in [-0.3, -0.25) is 9.59 Å². The third-order valence-electron chi connectivity index (χ3n) is 4.28. The molecule has 0 radical (unpaired) electrons. The van der Waals surface area contributed by atoms with Crippen LogP contribution in [0, 0.1) is 0 Å². The second-order valence-electron chi connectivity index (χ2n) is 7.73. The Morgan fingerprint density at radius 1 is 1.11 bits per heavy atom. The third-order valence-corrected chi connectivity index (χ3v) is 4.28. The molecule has 28 heavy (non-hydrogen) atoms. The van der Waals surface area contributed by atoms with E-state index in [1.54, 1.807) is 18.2 Å². The third kappa shape index (κ3) is 4.39. The van der Waals surface area contributed by atoms with Gasteiger partial charge in [-0.15, -0.1) is 0 Å². The number of carbonyl (C=O) groups is 2. The van der Waals surface area contributed by atoms with E-state index in [1.807, 2.05) is 58.0 Å². The maximum absolute atomic E-state index is 13.0. The van der Waals surface area contributed by atoms with Crippen molar-refractivity contribution >= 4 is 22.7 Å². The van der Waals surface area contributed by atoms with Gasteiger partial charge in [-0.05, 0) is 45.9 Å². The second-order valence-corrected chi connectivity index (χ2v) is 7.73. The van der Waals surface area contributed by atoms with E-state index in [4.69, 9.17) is 4.52 Å². The molecule has 6 heteroatoms. The van der Waals surface area contributed by atoms with Crippen molar-refractivity contribution < 1.29 is 14.1 Å². The topological polar surface area (TPSA) is 75.4 Å². The minimum atomic E-state index is -0.342. The average molecular weight is 379 g/mol. The summed E-state index contributed by atoms with van der Waals surface area (Å²) in [5.74, 6) is 0.242. The number of nitrogens with zero attached hydrogens (tertiary/aromatic N) is 2. The molecule has 146 valence electrons. The predicted octanol–water partition coefficient (Wildman–Crippen LogP) is 3.87. The van der Waals surface area contributed by atoms with Crippen LogP contribution in [0.3, 0.4) is 0 Å². The van der Waals surface area contributed by atoms with Gasteiger partial charge in [0.1, 0.15) is 5.52 Å². The van der Waals surface area contributed by atoms with Crippen molar-refractivity contribution in [1.29, 1.82) is 0 Å². The van der Waals surface area contributed by atoms with Gasteiger partial charge in [-0.1, -0.05) is 35.5 Å². The molecule has 3 aromatic rings. The number of carbonyl (C=O) groups excluding carboxylic acids is 2. The molecule has 0 unspecified atom stereocenters. The number of hydrogen-bond acceptors (Lipinski definition) is 4. The highest BCUT2D eigenvalue weighted by Crippen LogP contribution is 2.29. The molecule has 1 heterocycles. The molecule has 0 saturated carbocycles. The molecule has 0 aliphatic rings. The summed E-state index contributed by atoms with van der Waals surface area (Å²) in [4.78, 5) is 26.8. The lowest BCUT2D eigenvalue weighted by atomic mass is 10.1. The summed E-state index contributed by atoms with van der Waals surface area (Å²) in [5, 5.41) is 7.74. The van der Waals surface area contributed by atoms with Gasteiger partial charge in [0.2, 0.25) is 5.91 Å². The molecule has 0 spiro atoms. The van der Waals surface area contributed by atoms with Crippen LogP contribution in [0.5, 0.6) is 0 Å². The normalized spacial score (nSPS) is 11.4. The lowest BCUT2D eigenvalue weighted by Crippen LogP contribution is -2.47. The molecule has 6 nitrogen and oxygen atoms in total. The Morgan fingerprint density at radius 2 is 1.82 bits per heavy atom. The minimum Gasteiger partial charge on any atom is -0.355 e. The van der Waals surface area contributed by atoms with Gasteiger partial charge in [0.05, 0.1) is 11.9 Å². The number of benzene rings is 2. The summed E-state index contributed by atoms with van der Waals surface area (Å²) in [7, 11) is 0. The monoisotopic (exact) mass is 379 g/mol. The van der Waals surface area contributed by atoms with Crippen LogP contribution in [0.4, 0.5) is 0 Å². The average Bonchev–Trinajstić information content (AvgIpc) is 3.08. The number of aromatic nitrogens is 1. The molecule has 0 aliphatic heterocycles. The first-order valence-corrected chi connectivity index (χ1v) is 9.33. The van der Waals surface area contributed by atoms with Crippen molar-refractivity contribution in [1.82, 2.24) is 15.4 Å². The second kappa shape index (κ2) is 7.84. The van der Waals surface area contributed by atoms with Gasteiger partial charge >= 0.3 is 0 Å². The highest BCUT2D eigenvalue weighted by Gasteiger charge is 2.21. The minimum absolute atomic E-state index is 0.0137. The number of fused-ring (bicyclic) bond motifs is 1. The largest absolute Gasteiger partial charge is 0.355 e. The standard InChI is InChI=1S/C22H25N3O3/c1-5-25(14-19(26)23-22(2,3)4)21(27)16-11-12-18-17(13-16)20(28-24-18)15-9-7-6-8-10-15/h6-13H,5,14H2,1-4H3,(H,23,26). The van der Waals surface area contributed by atoms with E-state index in [0.717, 1.165) is 10.9 Å². The van der Waals surface area contributed by atoms with Gasteiger partial charge < -0.3 is 14.7 Å². The van der Waals surface area contributed by atoms with Crippen molar-refractivity contribution in [3.05, 3.63) is 54.1 Å². The molecular weight excluding hydrogens is 354 g/mol. The molecule has 0 bridgehead atoms. The maximum Gasteiger partial charge on any atom is 0.254 e. The fourth-order valence-corrected chi connectivity index (χ4v) is 3.01. The summed E-state index contributed by atoms with van der Waals surface area (Å²) < 4.78 is 5.50. The van der Waals surface area contributed by atoms with Crippen molar-refractivity contribution in [2.24, 2.45) is 0 Å². The Morgan fingerprint density at radius 3 is 2.46 bits per heavy atom. The van der Waals surface area contributed by atoms with Gasteiger partial charge in [0, 0.05) is 23.2 Å². The van der Waals surface area contributed by atoms with Crippen molar-refractivity contribution in [3.8, 4) is 11.3 Å². The van der Waals surface area contributed by atoms with E-state index in [2.05, 4.69) is 10.5 Å².